The summed E-state index contributed by atoms with van der Waals surface area (Å²) in [6.07, 6.45) is 5.55. The summed E-state index contributed by atoms with van der Waals surface area (Å²) in [6.45, 7) is 7.47. The van der Waals surface area contributed by atoms with Crippen molar-refractivity contribution in [3.63, 3.8) is 0 Å². The summed E-state index contributed by atoms with van der Waals surface area (Å²) in [6, 6.07) is 8.22. The summed E-state index contributed by atoms with van der Waals surface area (Å²) < 4.78 is 2.37. The van der Waals surface area contributed by atoms with Crippen LogP contribution in [0.25, 0.3) is 21.9 Å². The lowest BCUT2D eigenvalue weighted by molar-refractivity contribution is 0.567. The van der Waals surface area contributed by atoms with Gasteiger partial charge < -0.3 is 15.6 Å². The molecule has 134 valence electrons. The van der Waals surface area contributed by atoms with Crippen molar-refractivity contribution in [3.8, 4) is 0 Å². The Morgan fingerprint density at radius 1 is 1.04 bits per heavy atom. The van der Waals surface area contributed by atoms with E-state index in [2.05, 4.69) is 40.8 Å². The number of aryl methyl sites for hydroxylation is 2. The van der Waals surface area contributed by atoms with E-state index in [-0.39, 0.29) is 0 Å². The number of rotatable bonds is 9. The van der Waals surface area contributed by atoms with Gasteiger partial charge in [0.1, 0.15) is 11.3 Å². The van der Waals surface area contributed by atoms with Gasteiger partial charge in [-0.05, 0) is 38.4 Å². The highest BCUT2D eigenvalue weighted by Crippen LogP contribution is 2.29. The van der Waals surface area contributed by atoms with E-state index in [0.717, 1.165) is 73.1 Å². The molecule has 5 heteroatoms. The van der Waals surface area contributed by atoms with Crippen molar-refractivity contribution in [2.75, 3.05) is 18.8 Å². The number of pyridine rings is 1. The topological polar surface area (TPSA) is 68.8 Å². The fraction of sp³-hybridized carbons (Fsp3) is 0.500. The molecule has 5 nitrogen and oxygen atoms in total. The molecule has 3 aromatic rings. The van der Waals surface area contributed by atoms with Gasteiger partial charge in [-0.1, -0.05) is 38.5 Å². The van der Waals surface area contributed by atoms with E-state index in [1.165, 1.54) is 6.42 Å². The summed E-state index contributed by atoms with van der Waals surface area (Å²) in [5, 5.41) is 4.63. The van der Waals surface area contributed by atoms with Crippen LogP contribution in [0.2, 0.25) is 0 Å². The van der Waals surface area contributed by atoms with E-state index < -0.39 is 0 Å². The standard InChI is InChI=1S/C20H29N5/c1-3-5-11-17-24-18-19(25(17)14-8-13-22-12-4-2)15-9-6-7-10-16(15)23-20(18)21/h6-7,9-10,22H,3-5,8,11-14H2,1-2H3,(H2,21,23). The average molecular weight is 339 g/mol. The summed E-state index contributed by atoms with van der Waals surface area (Å²) in [7, 11) is 0. The first-order valence-corrected chi connectivity index (χ1v) is 9.50. The number of nitrogen functional groups attached to an aromatic ring is 1. The minimum absolute atomic E-state index is 0.536. The van der Waals surface area contributed by atoms with Crippen LogP contribution in [0.15, 0.2) is 24.3 Å². The fourth-order valence-corrected chi connectivity index (χ4v) is 3.34. The zero-order chi connectivity index (χ0) is 17.6. The number of aromatic nitrogens is 3. The minimum Gasteiger partial charge on any atom is -0.382 e. The zero-order valence-electron chi connectivity index (χ0n) is 15.4. The number of anilines is 1. The molecule has 0 aliphatic carbocycles. The van der Waals surface area contributed by atoms with Crippen LogP contribution < -0.4 is 11.1 Å². The Balaban J connectivity index is 2.02. The highest BCUT2D eigenvalue weighted by Gasteiger charge is 2.16. The molecule has 1 aromatic carbocycles. The van der Waals surface area contributed by atoms with Crippen LogP contribution in [0, 0.1) is 0 Å². The molecule has 0 atom stereocenters. The summed E-state index contributed by atoms with van der Waals surface area (Å²) >= 11 is 0. The Morgan fingerprint density at radius 2 is 1.88 bits per heavy atom. The highest BCUT2D eigenvalue weighted by molar-refractivity contribution is 6.06. The first-order chi connectivity index (χ1) is 12.3. The predicted octanol–water partition coefficient (Wildman–Crippen LogP) is 3.90. The van der Waals surface area contributed by atoms with Crippen LogP contribution in [0.1, 0.15) is 45.4 Å². The molecule has 0 radical (unpaired) electrons. The minimum atomic E-state index is 0.536. The summed E-state index contributed by atoms with van der Waals surface area (Å²) in [4.78, 5) is 9.42. The molecule has 0 fully saturated rings. The SMILES string of the molecule is CCCCc1nc2c(N)nc3ccccc3c2n1CCCNCCC. The maximum absolute atomic E-state index is 6.23. The highest BCUT2D eigenvalue weighted by atomic mass is 15.1. The second-order valence-electron chi connectivity index (χ2n) is 6.60. The molecular weight excluding hydrogens is 310 g/mol. The molecule has 0 saturated heterocycles. The number of unbranched alkanes of at least 4 members (excludes halogenated alkanes) is 1. The van der Waals surface area contributed by atoms with E-state index in [4.69, 9.17) is 10.7 Å². The van der Waals surface area contributed by atoms with Gasteiger partial charge in [-0.15, -0.1) is 0 Å². The Morgan fingerprint density at radius 3 is 2.68 bits per heavy atom. The van der Waals surface area contributed by atoms with Gasteiger partial charge in [0, 0.05) is 18.4 Å². The number of nitrogens with one attached hydrogen (secondary N) is 1. The van der Waals surface area contributed by atoms with Crippen molar-refractivity contribution in [2.24, 2.45) is 0 Å². The molecule has 0 amide bonds. The molecule has 3 N–H and O–H groups in total. The van der Waals surface area contributed by atoms with Crippen molar-refractivity contribution in [1.82, 2.24) is 19.9 Å². The van der Waals surface area contributed by atoms with Gasteiger partial charge in [-0.2, -0.15) is 0 Å². The molecule has 0 bridgehead atoms. The van der Waals surface area contributed by atoms with Gasteiger partial charge in [-0.3, -0.25) is 0 Å². The smallest absolute Gasteiger partial charge is 0.152 e. The number of nitrogens with two attached hydrogens (primary N) is 1. The molecule has 0 aliphatic heterocycles. The van der Waals surface area contributed by atoms with Crippen LogP contribution in [0.3, 0.4) is 0 Å². The van der Waals surface area contributed by atoms with Crippen molar-refractivity contribution in [3.05, 3.63) is 30.1 Å². The van der Waals surface area contributed by atoms with Crippen molar-refractivity contribution in [1.29, 1.82) is 0 Å². The third kappa shape index (κ3) is 3.76. The molecule has 0 aliphatic rings. The third-order valence-electron chi connectivity index (χ3n) is 4.61. The molecule has 0 unspecified atom stereocenters. The second kappa shape index (κ2) is 8.30. The Hall–Kier alpha value is -2.14. The molecule has 3 rings (SSSR count). The van der Waals surface area contributed by atoms with E-state index >= 15 is 0 Å². The van der Waals surface area contributed by atoms with E-state index in [9.17, 15) is 0 Å². The maximum atomic E-state index is 6.23. The quantitative estimate of drug-likeness (QED) is 0.580. The van der Waals surface area contributed by atoms with Crippen molar-refractivity contribution < 1.29 is 0 Å². The first-order valence-electron chi connectivity index (χ1n) is 9.50. The number of benzene rings is 1. The van der Waals surface area contributed by atoms with Crippen LogP contribution in [0.4, 0.5) is 5.82 Å². The number of hydrogen-bond acceptors (Lipinski definition) is 4. The van der Waals surface area contributed by atoms with Crippen LogP contribution in [0.5, 0.6) is 0 Å². The third-order valence-corrected chi connectivity index (χ3v) is 4.61. The van der Waals surface area contributed by atoms with E-state index in [1.54, 1.807) is 0 Å². The lowest BCUT2D eigenvalue weighted by Crippen LogP contribution is -2.18. The van der Waals surface area contributed by atoms with Crippen LogP contribution in [-0.2, 0) is 13.0 Å². The van der Waals surface area contributed by atoms with Crippen LogP contribution in [-0.4, -0.2) is 27.6 Å². The number of imidazole rings is 1. The van der Waals surface area contributed by atoms with Gasteiger partial charge in [0.15, 0.2) is 5.82 Å². The normalized spacial score (nSPS) is 11.6. The summed E-state index contributed by atoms with van der Waals surface area (Å²) in [5.41, 5.74) is 9.17. The maximum Gasteiger partial charge on any atom is 0.152 e. The van der Waals surface area contributed by atoms with Gasteiger partial charge in [0.05, 0.1) is 11.0 Å². The lowest BCUT2D eigenvalue weighted by atomic mass is 10.2. The van der Waals surface area contributed by atoms with Crippen LogP contribution >= 0.6 is 0 Å². The fourth-order valence-electron chi connectivity index (χ4n) is 3.34. The van der Waals surface area contributed by atoms with Crippen molar-refractivity contribution in [2.45, 2.75) is 52.5 Å². The predicted molar refractivity (Wildman–Crippen MR) is 106 cm³/mol. The molecule has 0 saturated carbocycles. The molecule has 25 heavy (non-hydrogen) atoms. The Labute approximate surface area is 149 Å². The van der Waals surface area contributed by atoms with Crippen molar-refractivity contribution >= 4 is 27.8 Å². The molecule has 2 heterocycles. The second-order valence-corrected chi connectivity index (χ2v) is 6.60. The lowest BCUT2D eigenvalue weighted by Gasteiger charge is -2.11. The Bertz CT molecular complexity index is 837. The number of nitrogens with zero attached hydrogens (tertiary/aromatic N) is 3. The van der Waals surface area contributed by atoms with E-state index in [1.807, 2.05) is 12.1 Å². The Kier molecular flexibility index (Phi) is 5.87. The van der Waals surface area contributed by atoms with Gasteiger partial charge in [0.25, 0.3) is 0 Å². The zero-order valence-corrected chi connectivity index (χ0v) is 15.4. The first kappa shape index (κ1) is 17.7. The van der Waals surface area contributed by atoms with Gasteiger partial charge >= 0.3 is 0 Å². The monoisotopic (exact) mass is 339 g/mol. The largest absolute Gasteiger partial charge is 0.382 e. The van der Waals surface area contributed by atoms with E-state index in [0.29, 0.717) is 5.82 Å². The molecule has 0 spiro atoms. The molecule has 2 aromatic heterocycles. The van der Waals surface area contributed by atoms with Gasteiger partial charge in [-0.25, -0.2) is 9.97 Å². The van der Waals surface area contributed by atoms with Gasteiger partial charge in [0.2, 0.25) is 0 Å². The number of hydrogen-bond donors (Lipinski definition) is 2. The number of fused-ring (bicyclic) bond motifs is 3. The molecular formula is C20H29N5. The average Bonchev–Trinajstić information content (AvgIpc) is 2.99. The number of para-hydroxylation sites is 1. The summed E-state index contributed by atoms with van der Waals surface area (Å²) in [5.74, 6) is 1.67.